The highest BCUT2D eigenvalue weighted by Gasteiger charge is 2.29. The lowest BCUT2D eigenvalue weighted by Crippen LogP contribution is -2.52. The predicted octanol–water partition coefficient (Wildman–Crippen LogP) is 2.28. The first-order chi connectivity index (χ1) is 19.1. The predicted molar refractivity (Wildman–Crippen MR) is 142 cm³/mol. The minimum absolute atomic E-state index is 0.0291. The van der Waals surface area contributed by atoms with Gasteiger partial charge in [0, 0.05) is 32.1 Å². The van der Waals surface area contributed by atoms with Crippen LogP contribution in [-0.4, -0.2) is 77.5 Å². The third-order valence-corrected chi connectivity index (χ3v) is 6.18. The number of hydrogen-bond donors (Lipinski definition) is 4. The van der Waals surface area contributed by atoms with E-state index in [1.54, 1.807) is 0 Å². The fourth-order valence-electron chi connectivity index (χ4n) is 3.98. The minimum atomic E-state index is -1.54. The molecule has 40 heavy (non-hydrogen) atoms. The van der Waals surface area contributed by atoms with Crippen LogP contribution in [0.5, 0.6) is 0 Å². The van der Waals surface area contributed by atoms with Crippen LogP contribution in [0.1, 0.15) is 103 Å². The van der Waals surface area contributed by atoms with Crippen molar-refractivity contribution in [2.45, 2.75) is 121 Å². The highest BCUT2D eigenvalue weighted by molar-refractivity contribution is 5.94. The summed E-state index contributed by atoms with van der Waals surface area (Å²) < 4.78 is 9.37. The molecule has 0 aliphatic rings. The fraction of sp³-hybridized carbons (Fsp3) is 0.741. The van der Waals surface area contributed by atoms with E-state index in [1.807, 2.05) is 0 Å². The fourth-order valence-corrected chi connectivity index (χ4v) is 3.98. The molecule has 3 unspecified atom stereocenters. The second-order valence-corrected chi connectivity index (χ2v) is 9.59. The molecular formula is C27H44N2O11. The van der Waals surface area contributed by atoms with Gasteiger partial charge in [-0.1, -0.05) is 58.3 Å². The molecule has 0 radical (unpaired) electrons. The summed E-state index contributed by atoms with van der Waals surface area (Å²) in [6.45, 7) is 2.38. The molecule has 0 saturated carbocycles. The van der Waals surface area contributed by atoms with Crippen LogP contribution >= 0.6 is 0 Å². The van der Waals surface area contributed by atoms with E-state index >= 15 is 0 Å². The van der Waals surface area contributed by atoms with Gasteiger partial charge in [-0.25, -0.2) is 4.79 Å². The Morgan fingerprint density at radius 2 is 1.38 bits per heavy atom. The van der Waals surface area contributed by atoms with Gasteiger partial charge in [-0.2, -0.15) is 0 Å². The summed E-state index contributed by atoms with van der Waals surface area (Å²) in [4.78, 5) is 81.6. The number of carboxylic acid groups (broad SMARTS) is 2. The standard InChI is InChI=1S/C27H44N2O11/c1-2-3-4-5-6-7-8-9-10-11-24(33)28-23(26(36)29-22(27(37)38)12-13-25(34)35)17-20(32)16-21(40-19-31)14-15-39-18-30/h18-19,21-23H,2-17H2,1H3,(H,28,33)(H,29,36)(H,34,35)(H,37,38). The van der Waals surface area contributed by atoms with Gasteiger partial charge in [0.1, 0.15) is 24.0 Å². The molecule has 0 spiro atoms. The van der Waals surface area contributed by atoms with Gasteiger partial charge in [-0.3, -0.25) is 28.8 Å². The molecule has 0 aromatic heterocycles. The van der Waals surface area contributed by atoms with Crippen molar-refractivity contribution < 1.29 is 53.2 Å². The van der Waals surface area contributed by atoms with E-state index in [1.165, 1.54) is 25.7 Å². The molecule has 4 N–H and O–H groups in total. The summed E-state index contributed by atoms with van der Waals surface area (Å²) in [6.07, 6.45) is 6.82. The van der Waals surface area contributed by atoms with E-state index in [9.17, 15) is 38.7 Å². The Kier molecular flexibility index (Phi) is 21.3. The number of ketones is 1. The molecule has 13 heteroatoms. The van der Waals surface area contributed by atoms with Gasteiger partial charge in [0.25, 0.3) is 12.9 Å². The van der Waals surface area contributed by atoms with Gasteiger partial charge in [-0.15, -0.1) is 0 Å². The third kappa shape index (κ3) is 19.5. The van der Waals surface area contributed by atoms with Gasteiger partial charge < -0.3 is 30.3 Å². The van der Waals surface area contributed by atoms with Crippen LogP contribution in [0.4, 0.5) is 0 Å². The summed E-state index contributed by atoms with van der Waals surface area (Å²) in [6, 6.07) is -2.96. The molecule has 0 aliphatic heterocycles. The SMILES string of the molecule is CCCCCCCCCCCC(=O)NC(CC(=O)CC(CCOC=O)OC=O)C(=O)NC(CCC(=O)O)C(=O)O. The molecule has 13 nitrogen and oxygen atoms in total. The smallest absolute Gasteiger partial charge is 0.326 e. The Morgan fingerprint density at radius 3 is 1.93 bits per heavy atom. The Balaban J connectivity index is 5.12. The number of aliphatic carboxylic acids is 2. The molecule has 0 aromatic carbocycles. The van der Waals surface area contributed by atoms with Crippen LogP contribution in [0.3, 0.4) is 0 Å². The van der Waals surface area contributed by atoms with Crippen molar-refractivity contribution in [3.63, 3.8) is 0 Å². The van der Waals surface area contributed by atoms with Crippen LogP contribution in [0.25, 0.3) is 0 Å². The zero-order valence-corrected chi connectivity index (χ0v) is 23.3. The van der Waals surface area contributed by atoms with Crippen LogP contribution in [0.15, 0.2) is 0 Å². The van der Waals surface area contributed by atoms with E-state index in [2.05, 4.69) is 22.3 Å². The summed E-state index contributed by atoms with van der Waals surface area (Å²) in [7, 11) is 0. The van der Waals surface area contributed by atoms with E-state index in [-0.39, 0.29) is 38.8 Å². The molecule has 228 valence electrons. The van der Waals surface area contributed by atoms with Crippen LogP contribution in [0.2, 0.25) is 0 Å². The van der Waals surface area contributed by atoms with Crippen molar-refractivity contribution >= 4 is 42.5 Å². The molecule has 0 fully saturated rings. The summed E-state index contributed by atoms with van der Waals surface area (Å²) in [5, 5.41) is 22.9. The van der Waals surface area contributed by atoms with Gasteiger partial charge in [0.15, 0.2) is 0 Å². The zero-order valence-electron chi connectivity index (χ0n) is 23.3. The maximum atomic E-state index is 12.9. The Hall–Kier alpha value is -3.51. The quantitative estimate of drug-likeness (QED) is 0.0830. The lowest BCUT2D eigenvalue weighted by atomic mass is 10.0. The van der Waals surface area contributed by atoms with E-state index < -0.39 is 67.0 Å². The van der Waals surface area contributed by atoms with E-state index in [0.717, 1.165) is 25.7 Å². The number of Topliss-reactive ketones (excluding diaryl/α,β-unsaturated/α-hetero) is 1. The van der Waals surface area contributed by atoms with Crippen molar-refractivity contribution in [1.82, 2.24) is 10.6 Å². The molecule has 0 rings (SSSR count). The largest absolute Gasteiger partial charge is 0.481 e. The maximum Gasteiger partial charge on any atom is 0.326 e. The topological polar surface area (TPSA) is 202 Å². The monoisotopic (exact) mass is 572 g/mol. The Bertz CT molecular complexity index is 803. The van der Waals surface area contributed by atoms with Crippen molar-refractivity contribution in [2.24, 2.45) is 0 Å². The zero-order chi connectivity index (χ0) is 30.2. The van der Waals surface area contributed by atoms with Gasteiger partial charge in [0.05, 0.1) is 6.61 Å². The first kappa shape index (κ1) is 36.5. The van der Waals surface area contributed by atoms with Crippen LogP contribution < -0.4 is 10.6 Å². The van der Waals surface area contributed by atoms with Gasteiger partial charge in [-0.05, 0) is 12.8 Å². The van der Waals surface area contributed by atoms with Crippen LogP contribution in [0, 0.1) is 0 Å². The summed E-state index contributed by atoms with van der Waals surface area (Å²) in [5.41, 5.74) is 0. The van der Waals surface area contributed by atoms with Crippen molar-refractivity contribution in [3.8, 4) is 0 Å². The van der Waals surface area contributed by atoms with Crippen molar-refractivity contribution in [3.05, 3.63) is 0 Å². The second kappa shape index (κ2) is 23.4. The van der Waals surface area contributed by atoms with Crippen molar-refractivity contribution in [1.29, 1.82) is 0 Å². The maximum absolute atomic E-state index is 12.9. The Morgan fingerprint density at radius 1 is 0.750 bits per heavy atom. The number of hydrogen-bond acceptors (Lipinski definition) is 9. The lowest BCUT2D eigenvalue weighted by Gasteiger charge is -2.22. The summed E-state index contributed by atoms with van der Waals surface area (Å²) in [5.74, 6) is -4.73. The molecule has 2 amide bonds. The number of carboxylic acids is 2. The molecule has 0 bridgehead atoms. The molecule has 0 heterocycles. The number of carbonyl (C=O) groups excluding carboxylic acids is 5. The number of nitrogens with one attached hydrogen (secondary N) is 2. The second-order valence-electron chi connectivity index (χ2n) is 9.59. The number of amides is 2. The summed E-state index contributed by atoms with van der Waals surface area (Å²) >= 11 is 0. The van der Waals surface area contributed by atoms with Gasteiger partial charge in [0.2, 0.25) is 11.8 Å². The number of rotatable bonds is 27. The average molecular weight is 573 g/mol. The molecule has 0 aromatic rings. The first-order valence-corrected chi connectivity index (χ1v) is 13.8. The average Bonchev–Trinajstić information content (AvgIpc) is 2.89. The number of unbranched alkanes of at least 4 members (excludes halogenated alkanes) is 8. The minimum Gasteiger partial charge on any atom is -0.481 e. The highest BCUT2D eigenvalue weighted by atomic mass is 16.5. The molecule has 0 saturated heterocycles. The van der Waals surface area contributed by atoms with E-state index in [0.29, 0.717) is 6.42 Å². The molecule has 3 atom stereocenters. The van der Waals surface area contributed by atoms with E-state index in [4.69, 9.17) is 9.84 Å². The normalized spacial score (nSPS) is 12.8. The third-order valence-electron chi connectivity index (χ3n) is 6.18. The highest BCUT2D eigenvalue weighted by Crippen LogP contribution is 2.12. The van der Waals surface area contributed by atoms with Gasteiger partial charge >= 0.3 is 11.9 Å². The molecule has 0 aliphatic carbocycles. The van der Waals surface area contributed by atoms with Crippen molar-refractivity contribution in [2.75, 3.05) is 6.61 Å². The Labute approximate surface area is 234 Å². The number of carbonyl (C=O) groups is 7. The molecular weight excluding hydrogens is 528 g/mol. The lowest BCUT2D eigenvalue weighted by molar-refractivity contribution is -0.143. The first-order valence-electron chi connectivity index (χ1n) is 13.8. The number of ether oxygens (including phenoxy) is 2. The van der Waals surface area contributed by atoms with Crippen LogP contribution in [-0.2, 0) is 43.0 Å².